The lowest BCUT2D eigenvalue weighted by Gasteiger charge is -2.14. The van der Waals surface area contributed by atoms with E-state index in [0.29, 0.717) is 10.9 Å². The molecule has 0 bridgehead atoms. The Hall–Kier alpha value is -1.63. The molecule has 102 valence electrons. The molecule has 2 rings (SSSR count). The Balaban J connectivity index is 2.27. The predicted octanol–water partition coefficient (Wildman–Crippen LogP) is 1.31. The molecule has 0 aromatic carbocycles. The first kappa shape index (κ1) is 13.8. The molecule has 0 spiro atoms. The minimum absolute atomic E-state index is 0.0460. The predicted molar refractivity (Wildman–Crippen MR) is 74.3 cm³/mol. The first-order valence-corrected chi connectivity index (χ1v) is 6.85. The van der Waals surface area contributed by atoms with Gasteiger partial charge in [0.15, 0.2) is 0 Å². The molecule has 0 saturated heterocycles. The summed E-state index contributed by atoms with van der Waals surface area (Å²) < 4.78 is 1.70. The second-order valence-corrected chi connectivity index (χ2v) is 5.95. The number of aryl methyl sites for hydroxylation is 2. The highest BCUT2D eigenvalue weighted by molar-refractivity contribution is 8.00. The molecule has 7 heteroatoms. The van der Waals surface area contributed by atoms with E-state index in [0.717, 1.165) is 11.4 Å². The second-order valence-electron chi connectivity index (χ2n) is 4.64. The van der Waals surface area contributed by atoms with Gasteiger partial charge in [-0.25, -0.2) is 9.50 Å². The maximum atomic E-state index is 11.8. The normalized spacial score (nSPS) is 12.7. The maximum absolute atomic E-state index is 11.8. The highest BCUT2D eigenvalue weighted by atomic mass is 32.2. The van der Waals surface area contributed by atoms with Crippen LogP contribution in [0.1, 0.15) is 18.3 Å². The lowest BCUT2D eigenvalue weighted by molar-refractivity contribution is -0.127. The fraction of sp³-hybridized carbons (Fsp3) is 0.500. The Morgan fingerprint density at radius 1 is 1.37 bits per heavy atom. The van der Waals surface area contributed by atoms with Crippen LogP contribution in [0.25, 0.3) is 5.78 Å². The van der Waals surface area contributed by atoms with Crippen LogP contribution in [0.5, 0.6) is 0 Å². The largest absolute Gasteiger partial charge is 0.348 e. The van der Waals surface area contributed by atoms with Crippen molar-refractivity contribution in [2.45, 2.75) is 31.2 Å². The van der Waals surface area contributed by atoms with Gasteiger partial charge in [0.25, 0.3) is 5.78 Å². The fourth-order valence-corrected chi connectivity index (χ4v) is 2.66. The Morgan fingerprint density at radius 3 is 2.68 bits per heavy atom. The number of hydrogen-bond acceptors (Lipinski definition) is 5. The molecule has 1 amide bonds. The zero-order valence-corrected chi connectivity index (χ0v) is 12.5. The second kappa shape index (κ2) is 5.16. The maximum Gasteiger partial charge on any atom is 0.253 e. The molecule has 2 aromatic heterocycles. The van der Waals surface area contributed by atoms with Gasteiger partial charge in [-0.15, -0.1) is 5.10 Å². The molecule has 19 heavy (non-hydrogen) atoms. The molecule has 0 aliphatic rings. The van der Waals surface area contributed by atoms with Crippen LogP contribution in [0.4, 0.5) is 0 Å². The van der Waals surface area contributed by atoms with Gasteiger partial charge in [-0.05, 0) is 26.8 Å². The summed E-state index contributed by atoms with van der Waals surface area (Å²) >= 11 is 1.35. The van der Waals surface area contributed by atoms with Gasteiger partial charge in [0.1, 0.15) is 0 Å². The molecule has 0 radical (unpaired) electrons. The Bertz CT molecular complexity index is 622. The fourth-order valence-electron chi connectivity index (χ4n) is 1.77. The Labute approximate surface area is 116 Å². The molecular weight excluding hydrogens is 262 g/mol. The highest BCUT2D eigenvalue weighted by Crippen LogP contribution is 2.21. The van der Waals surface area contributed by atoms with E-state index in [1.54, 1.807) is 23.5 Å². The summed E-state index contributed by atoms with van der Waals surface area (Å²) in [6, 6.07) is 1.95. The van der Waals surface area contributed by atoms with Gasteiger partial charge in [0.05, 0.1) is 5.25 Å². The van der Waals surface area contributed by atoms with Crippen molar-refractivity contribution < 1.29 is 4.79 Å². The van der Waals surface area contributed by atoms with E-state index in [1.165, 1.54) is 11.8 Å². The third kappa shape index (κ3) is 2.86. The standard InChI is InChI=1S/C12H17N5OS/c1-7-6-8(2)17-11(13-7)14-12(15-17)19-9(3)10(18)16(4)5/h6,9H,1-5H3/t9-/m0/s1. The number of carbonyl (C=O) groups is 1. The zero-order chi connectivity index (χ0) is 14.2. The summed E-state index contributed by atoms with van der Waals surface area (Å²) in [7, 11) is 3.48. The molecule has 1 atom stereocenters. The van der Waals surface area contributed by atoms with Gasteiger partial charge in [-0.2, -0.15) is 4.98 Å². The van der Waals surface area contributed by atoms with Gasteiger partial charge in [-0.1, -0.05) is 11.8 Å². The van der Waals surface area contributed by atoms with Crippen molar-refractivity contribution in [1.82, 2.24) is 24.5 Å². The summed E-state index contributed by atoms with van der Waals surface area (Å²) in [5.74, 6) is 0.620. The average molecular weight is 279 g/mol. The van der Waals surface area contributed by atoms with Crippen LogP contribution < -0.4 is 0 Å². The molecule has 0 saturated carbocycles. The van der Waals surface area contributed by atoms with E-state index in [2.05, 4.69) is 15.1 Å². The van der Waals surface area contributed by atoms with Gasteiger partial charge < -0.3 is 4.90 Å². The lowest BCUT2D eigenvalue weighted by Crippen LogP contribution is -2.29. The van der Waals surface area contributed by atoms with Gasteiger partial charge in [0, 0.05) is 25.5 Å². The third-order valence-corrected chi connectivity index (χ3v) is 3.61. The van der Waals surface area contributed by atoms with Crippen molar-refractivity contribution >= 4 is 23.4 Å². The quantitative estimate of drug-likeness (QED) is 0.793. The van der Waals surface area contributed by atoms with Crippen molar-refractivity contribution in [3.05, 3.63) is 17.5 Å². The van der Waals surface area contributed by atoms with Crippen LogP contribution in [0.3, 0.4) is 0 Å². The van der Waals surface area contributed by atoms with Crippen LogP contribution in [0, 0.1) is 13.8 Å². The first-order valence-electron chi connectivity index (χ1n) is 5.97. The Kier molecular flexibility index (Phi) is 3.75. The SMILES string of the molecule is Cc1cc(C)n2nc(S[C@@H](C)C(=O)N(C)C)nc2n1. The van der Waals surface area contributed by atoms with Crippen molar-refractivity contribution in [2.24, 2.45) is 0 Å². The van der Waals surface area contributed by atoms with Crippen LogP contribution in [-0.4, -0.2) is 49.7 Å². The van der Waals surface area contributed by atoms with Crippen molar-refractivity contribution in [3.63, 3.8) is 0 Å². The summed E-state index contributed by atoms with van der Waals surface area (Å²) in [5.41, 5.74) is 1.89. The van der Waals surface area contributed by atoms with E-state index >= 15 is 0 Å². The number of fused-ring (bicyclic) bond motifs is 1. The summed E-state index contributed by atoms with van der Waals surface area (Å²) in [6.07, 6.45) is 0. The van der Waals surface area contributed by atoms with E-state index in [4.69, 9.17) is 0 Å². The van der Waals surface area contributed by atoms with Crippen LogP contribution >= 0.6 is 11.8 Å². The summed E-state index contributed by atoms with van der Waals surface area (Å²) in [5, 5.41) is 4.73. The number of rotatable bonds is 3. The number of amides is 1. The summed E-state index contributed by atoms with van der Waals surface area (Å²) in [4.78, 5) is 22.1. The number of thioether (sulfide) groups is 1. The van der Waals surface area contributed by atoms with Crippen LogP contribution in [-0.2, 0) is 4.79 Å². The highest BCUT2D eigenvalue weighted by Gasteiger charge is 2.19. The van der Waals surface area contributed by atoms with E-state index < -0.39 is 0 Å². The summed E-state index contributed by atoms with van der Waals surface area (Å²) in [6.45, 7) is 5.73. The minimum atomic E-state index is -0.214. The van der Waals surface area contributed by atoms with Gasteiger partial charge in [0.2, 0.25) is 11.1 Å². The molecule has 0 unspecified atom stereocenters. The van der Waals surface area contributed by atoms with Gasteiger partial charge in [-0.3, -0.25) is 4.79 Å². The Morgan fingerprint density at radius 2 is 2.05 bits per heavy atom. The van der Waals surface area contributed by atoms with Crippen LogP contribution in [0.15, 0.2) is 11.2 Å². The first-order chi connectivity index (χ1) is 8.88. The molecule has 0 fully saturated rings. The topological polar surface area (TPSA) is 63.4 Å². The minimum Gasteiger partial charge on any atom is -0.348 e. The van der Waals surface area contributed by atoms with E-state index in [-0.39, 0.29) is 11.2 Å². The molecule has 2 heterocycles. The molecule has 0 aliphatic carbocycles. The lowest BCUT2D eigenvalue weighted by atomic mass is 10.4. The van der Waals surface area contributed by atoms with Crippen molar-refractivity contribution in [3.8, 4) is 0 Å². The molecule has 6 nitrogen and oxygen atoms in total. The molecular formula is C12H17N5OS. The third-order valence-electron chi connectivity index (χ3n) is 2.67. The zero-order valence-electron chi connectivity index (χ0n) is 11.7. The number of nitrogens with zero attached hydrogens (tertiary/aromatic N) is 5. The van der Waals surface area contributed by atoms with Crippen molar-refractivity contribution in [2.75, 3.05) is 14.1 Å². The molecule has 2 aromatic rings. The molecule has 0 aliphatic heterocycles. The van der Waals surface area contributed by atoms with E-state index in [1.807, 2.05) is 26.8 Å². The smallest absolute Gasteiger partial charge is 0.253 e. The van der Waals surface area contributed by atoms with Crippen LogP contribution in [0.2, 0.25) is 0 Å². The van der Waals surface area contributed by atoms with Crippen molar-refractivity contribution in [1.29, 1.82) is 0 Å². The number of hydrogen-bond donors (Lipinski definition) is 0. The van der Waals surface area contributed by atoms with E-state index in [9.17, 15) is 4.79 Å². The van der Waals surface area contributed by atoms with Gasteiger partial charge >= 0.3 is 0 Å². The number of carbonyl (C=O) groups excluding carboxylic acids is 1. The molecule has 0 N–H and O–H groups in total. The average Bonchev–Trinajstić information content (AvgIpc) is 2.70. The number of aromatic nitrogens is 4. The monoisotopic (exact) mass is 279 g/mol.